The van der Waals surface area contributed by atoms with E-state index in [0.29, 0.717) is 6.04 Å². The first-order valence-electron chi connectivity index (χ1n) is 7.59. The highest BCUT2D eigenvalue weighted by Gasteiger charge is 2.48. The van der Waals surface area contributed by atoms with Gasteiger partial charge in [0.05, 0.1) is 0 Å². The lowest BCUT2D eigenvalue weighted by Crippen LogP contribution is -2.53. The lowest BCUT2D eigenvalue weighted by molar-refractivity contribution is -0.145. The minimum Gasteiger partial charge on any atom is -0.480 e. The van der Waals surface area contributed by atoms with Crippen LogP contribution in [0, 0.1) is 11.8 Å². The number of hydrogen-bond acceptors (Lipinski definition) is 3. The van der Waals surface area contributed by atoms with Gasteiger partial charge >= 0.3 is 5.97 Å². The quantitative estimate of drug-likeness (QED) is 0.818. The van der Waals surface area contributed by atoms with E-state index in [9.17, 15) is 9.90 Å². The van der Waals surface area contributed by atoms with Crippen molar-refractivity contribution in [3.8, 4) is 0 Å². The second-order valence-corrected chi connectivity index (χ2v) is 6.99. The summed E-state index contributed by atoms with van der Waals surface area (Å²) in [6.45, 7) is 10.9. The molecule has 0 amide bonds. The molecule has 4 heteroatoms. The fraction of sp³-hybridized carbons (Fsp3) is 0.933. The number of rotatable bonds is 4. The third-order valence-electron chi connectivity index (χ3n) is 5.00. The summed E-state index contributed by atoms with van der Waals surface area (Å²) in [7, 11) is 0. The van der Waals surface area contributed by atoms with E-state index in [1.165, 1.54) is 0 Å². The van der Waals surface area contributed by atoms with Gasteiger partial charge < -0.3 is 5.11 Å². The Morgan fingerprint density at radius 1 is 1.32 bits per heavy atom. The molecule has 4 atom stereocenters. The Morgan fingerprint density at radius 3 is 2.37 bits per heavy atom. The predicted molar refractivity (Wildman–Crippen MR) is 76.2 cm³/mol. The molecule has 1 heterocycles. The summed E-state index contributed by atoms with van der Waals surface area (Å²) >= 11 is 0. The van der Waals surface area contributed by atoms with E-state index in [2.05, 4.69) is 24.1 Å². The largest absolute Gasteiger partial charge is 0.480 e. The summed E-state index contributed by atoms with van der Waals surface area (Å²) in [5.74, 6) is 0.791. The predicted octanol–water partition coefficient (Wildman–Crippen LogP) is 1.95. The molecule has 110 valence electrons. The van der Waals surface area contributed by atoms with E-state index >= 15 is 0 Å². The number of carboxylic acids is 1. The van der Waals surface area contributed by atoms with Gasteiger partial charge in [0.15, 0.2) is 0 Å². The van der Waals surface area contributed by atoms with Crippen LogP contribution in [-0.4, -0.2) is 46.7 Å². The third-order valence-corrected chi connectivity index (χ3v) is 5.00. The first-order chi connectivity index (χ1) is 8.84. The summed E-state index contributed by atoms with van der Waals surface area (Å²) in [6.07, 6.45) is 2.51. The number of carbonyl (C=O) groups is 1. The van der Waals surface area contributed by atoms with Gasteiger partial charge in [0.2, 0.25) is 0 Å². The van der Waals surface area contributed by atoms with Crippen LogP contribution in [0.25, 0.3) is 0 Å². The highest BCUT2D eigenvalue weighted by atomic mass is 16.4. The lowest BCUT2D eigenvalue weighted by atomic mass is 9.96. The molecule has 0 aromatic heterocycles. The van der Waals surface area contributed by atoms with Gasteiger partial charge in [0.1, 0.15) is 5.54 Å². The molecular formula is C15H28N2O2. The van der Waals surface area contributed by atoms with Crippen molar-refractivity contribution in [3.05, 3.63) is 0 Å². The van der Waals surface area contributed by atoms with Crippen molar-refractivity contribution in [2.75, 3.05) is 13.1 Å². The standard InChI is InChI=1S/C15H28N2O2/c1-10(2)16-15(14(18)19)6-5-13(7-15)17-8-11(3)12(4)9-17/h10-13,16H,5-9H2,1-4H3,(H,18,19). The zero-order chi connectivity index (χ0) is 14.2. The maximum Gasteiger partial charge on any atom is 0.323 e. The summed E-state index contributed by atoms with van der Waals surface area (Å²) in [6, 6.07) is 0.654. The highest BCUT2D eigenvalue weighted by molar-refractivity contribution is 5.79. The van der Waals surface area contributed by atoms with Crippen molar-refractivity contribution in [2.45, 2.75) is 64.6 Å². The molecule has 1 aliphatic heterocycles. The molecule has 2 fully saturated rings. The summed E-state index contributed by atoms with van der Waals surface area (Å²) in [5, 5.41) is 12.9. The first-order valence-corrected chi connectivity index (χ1v) is 7.59. The molecule has 1 saturated heterocycles. The lowest BCUT2D eigenvalue weighted by Gasteiger charge is -2.30. The zero-order valence-electron chi connectivity index (χ0n) is 12.6. The molecule has 4 unspecified atom stereocenters. The van der Waals surface area contributed by atoms with Crippen LogP contribution in [-0.2, 0) is 4.79 Å². The Labute approximate surface area is 116 Å². The van der Waals surface area contributed by atoms with Gasteiger partial charge in [-0.1, -0.05) is 13.8 Å². The second kappa shape index (κ2) is 5.41. The van der Waals surface area contributed by atoms with E-state index in [1.54, 1.807) is 0 Å². The second-order valence-electron chi connectivity index (χ2n) is 6.99. The molecule has 19 heavy (non-hydrogen) atoms. The van der Waals surface area contributed by atoms with Crippen molar-refractivity contribution in [2.24, 2.45) is 11.8 Å². The number of carboxylic acid groups (broad SMARTS) is 1. The van der Waals surface area contributed by atoms with Crippen molar-refractivity contribution in [1.29, 1.82) is 0 Å². The maximum atomic E-state index is 11.7. The minimum atomic E-state index is -0.700. The molecule has 1 saturated carbocycles. The van der Waals surface area contributed by atoms with E-state index in [1.807, 2.05) is 13.8 Å². The van der Waals surface area contributed by atoms with E-state index in [0.717, 1.165) is 44.2 Å². The van der Waals surface area contributed by atoms with Crippen LogP contribution in [0.4, 0.5) is 0 Å². The van der Waals surface area contributed by atoms with Gasteiger partial charge in [-0.2, -0.15) is 0 Å². The Kier molecular flexibility index (Phi) is 4.21. The maximum absolute atomic E-state index is 11.7. The molecule has 0 aromatic rings. The molecular weight excluding hydrogens is 240 g/mol. The molecule has 2 rings (SSSR count). The van der Waals surface area contributed by atoms with Crippen LogP contribution in [0.5, 0.6) is 0 Å². The van der Waals surface area contributed by atoms with E-state index < -0.39 is 11.5 Å². The number of likely N-dealkylation sites (tertiary alicyclic amines) is 1. The van der Waals surface area contributed by atoms with Crippen molar-refractivity contribution >= 4 is 5.97 Å². The van der Waals surface area contributed by atoms with Crippen molar-refractivity contribution in [3.63, 3.8) is 0 Å². The topological polar surface area (TPSA) is 52.6 Å². The van der Waals surface area contributed by atoms with E-state index in [4.69, 9.17) is 0 Å². The van der Waals surface area contributed by atoms with Crippen LogP contribution >= 0.6 is 0 Å². The summed E-state index contributed by atoms with van der Waals surface area (Å²) in [5.41, 5.74) is -0.700. The molecule has 0 radical (unpaired) electrons. The van der Waals surface area contributed by atoms with Gasteiger partial charge in [0, 0.05) is 25.2 Å². The number of nitrogens with zero attached hydrogens (tertiary/aromatic N) is 1. The zero-order valence-corrected chi connectivity index (χ0v) is 12.6. The summed E-state index contributed by atoms with van der Waals surface area (Å²) in [4.78, 5) is 14.2. The Hall–Kier alpha value is -0.610. The number of hydrogen-bond donors (Lipinski definition) is 2. The Bertz CT molecular complexity index is 335. The molecule has 2 aliphatic rings. The van der Waals surface area contributed by atoms with Crippen LogP contribution in [0.3, 0.4) is 0 Å². The number of aliphatic carboxylic acids is 1. The molecule has 1 aliphatic carbocycles. The van der Waals surface area contributed by atoms with E-state index in [-0.39, 0.29) is 6.04 Å². The fourth-order valence-electron chi connectivity index (χ4n) is 3.74. The number of nitrogens with one attached hydrogen (secondary N) is 1. The monoisotopic (exact) mass is 268 g/mol. The van der Waals surface area contributed by atoms with Crippen LogP contribution in [0.1, 0.15) is 47.0 Å². The van der Waals surface area contributed by atoms with Crippen LogP contribution in [0.15, 0.2) is 0 Å². The van der Waals surface area contributed by atoms with Crippen LogP contribution in [0.2, 0.25) is 0 Å². The molecule has 4 nitrogen and oxygen atoms in total. The fourth-order valence-corrected chi connectivity index (χ4v) is 3.74. The minimum absolute atomic E-state index is 0.214. The smallest absolute Gasteiger partial charge is 0.323 e. The highest BCUT2D eigenvalue weighted by Crippen LogP contribution is 2.37. The third kappa shape index (κ3) is 2.95. The SMILES string of the molecule is CC(C)NC1(C(=O)O)CCC(N2CC(C)C(C)C2)C1. The summed E-state index contributed by atoms with van der Waals surface area (Å²) < 4.78 is 0. The molecule has 2 N–H and O–H groups in total. The van der Waals surface area contributed by atoms with Gasteiger partial charge in [-0.3, -0.25) is 15.0 Å². The van der Waals surface area contributed by atoms with Crippen molar-refractivity contribution in [1.82, 2.24) is 10.2 Å². The molecule has 0 spiro atoms. The normalized spacial score (nSPS) is 40.2. The van der Waals surface area contributed by atoms with Gasteiger partial charge in [0.25, 0.3) is 0 Å². The Morgan fingerprint density at radius 2 is 1.89 bits per heavy atom. The van der Waals surface area contributed by atoms with Gasteiger partial charge in [-0.05, 0) is 44.9 Å². The molecule has 0 aromatic carbocycles. The van der Waals surface area contributed by atoms with Crippen molar-refractivity contribution < 1.29 is 9.90 Å². The van der Waals surface area contributed by atoms with Gasteiger partial charge in [-0.15, -0.1) is 0 Å². The average molecular weight is 268 g/mol. The molecule has 0 bridgehead atoms. The average Bonchev–Trinajstić information content (AvgIpc) is 2.84. The van der Waals surface area contributed by atoms with Gasteiger partial charge in [-0.25, -0.2) is 0 Å². The first kappa shape index (κ1) is 14.8. The van der Waals surface area contributed by atoms with Crippen LogP contribution < -0.4 is 5.32 Å². The Balaban J connectivity index is 2.03.